The quantitative estimate of drug-likeness (QED) is 0.625. The van der Waals surface area contributed by atoms with Gasteiger partial charge in [0.05, 0.1) is 5.54 Å². The Morgan fingerprint density at radius 1 is 0.760 bits per heavy atom. The monoisotopic (exact) mass is 343 g/mol. The topological polar surface area (TPSA) is 20.3 Å². The zero-order chi connectivity index (χ0) is 18.1. The normalized spacial score (nSPS) is 40.8. The highest BCUT2D eigenvalue weighted by Gasteiger charge is 2.59. The molecule has 1 saturated heterocycles. The van der Waals surface area contributed by atoms with E-state index in [0.29, 0.717) is 16.6 Å². The molecule has 0 radical (unpaired) electrons. The van der Waals surface area contributed by atoms with Gasteiger partial charge < -0.3 is 0 Å². The van der Waals surface area contributed by atoms with Crippen molar-refractivity contribution in [1.82, 2.24) is 4.90 Å². The first kappa shape index (κ1) is 17.8. The number of carbonyl (C=O) groups excluding carboxylic acids is 1. The van der Waals surface area contributed by atoms with Crippen LogP contribution in [0, 0.1) is 16.2 Å². The molecule has 2 fully saturated rings. The van der Waals surface area contributed by atoms with Crippen molar-refractivity contribution in [2.75, 3.05) is 13.1 Å². The van der Waals surface area contributed by atoms with E-state index < -0.39 is 0 Å². The predicted octanol–water partition coefficient (Wildman–Crippen LogP) is 5.52. The maximum absolute atomic E-state index is 13.4. The smallest absolute Gasteiger partial charge is 0.161 e. The summed E-state index contributed by atoms with van der Waals surface area (Å²) >= 11 is 0. The third-order valence-electron chi connectivity index (χ3n) is 7.43. The molecule has 2 nitrogen and oxygen atoms in total. The van der Waals surface area contributed by atoms with E-state index in [1.54, 1.807) is 0 Å². The van der Waals surface area contributed by atoms with Gasteiger partial charge in [-0.1, -0.05) is 46.6 Å². The lowest BCUT2D eigenvalue weighted by atomic mass is 9.48. The van der Waals surface area contributed by atoms with Crippen molar-refractivity contribution in [2.45, 2.75) is 97.9 Å². The molecule has 0 N–H and O–H groups in total. The van der Waals surface area contributed by atoms with Crippen LogP contribution < -0.4 is 0 Å². The SMILES string of the molecule is CC1(C)CC(=O)C2=C(C1)CC1(C)CC(C)(C)CC2(N2CCCCC2)C1. The zero-order valence-corrected chi connectivity index (χ0v) is 17.1. The Hall–Kier alpha value is -0.630. The van der Waals surface area contributed by atoms with Gasteiger partial charge in [0.15, 0.2) is 5.78 Å². The van der Waals surface area contributed by atoms with E-state index >= 15 is 0 Å². The summed E-state index contributed by atoms with van der Waals surface area (Å²) in [6.07, 6.45) is 10.7. The fraction of sp³-hybridized carbons (Fsp3) is 0.870. The predicted molar refractivity (Wildman–Crippen MR) is 104 cm³/mol. The summed E-state index contributed by atoms with van der Waals surface area (Å²) in [4.78, 5) is 16.2. The molecule has 1 aliphatic heterocycles. The molecule has 4 aliphatic rings. The van der Waals surface area contributed by atoms with E-state index in [1.165, 1.54) is 62.8 Å². The van der Waals surface area contributed by atoms with E-state index in [0.717, 1.165) is 19.3 Å². The van der Waals surface area contributed by atoms with E-state index in [2.05, 4.69) is 39.5 Å². The molecule has 2 heteroatoms. The Bertz CT molecular complexity index is 622. The van der Waals surface area contributed by atoms with Crippen LogP contribution in [0.5, 0.6) is 0 Å². The van der Waals surface area contributed by atoms with Gasteiger partial charge in [-0.2, -0.15) is 0 Å². The molecule has 1 heterocycles. The first-order valence-corrected chi connectivity index (χ1v) is 10.6. The first-order chi connectivity index (χ1) is 11.5. The maximum Gasteiger partial charge on any atom is 0.161 e. The summed E-state index contributed by atoms with van der Waals surface area (Å²) in [5.41, 5.74) is 3.71. The van der Waals surface area contributed by atoms with Gasteiger partial charge in [0.2, 0.25) is 0 Å². The number of rotatable bonds is 1. The number of piperidine rings is 1. The molecule has 1 saturated carbocycles. The van der Waals surface area contributed by atoms with Crippen LogP contribution in [0.25, 0.3) is 0 Å². The van der Waals surface area contributed by atoms with E-state index in [1.807, 2.05) is 0 Å². The Morgan fingerprint density at radius 2 is 1.44 bits per heavy atom. The zero-order valence-electron chi connectivity index (χ0n) is 17.1. The van der Waals surface area contributed by atoms with Crippen molar-refractivity contribution >= 4 is 5.78 Å². The molecular weight excluding hydrogens is 306 g/mol. The summed E-state index contributed by atoms with van der Waals surface area (Å²) in [7, 11) is 0. The third kappa shape index (κ3) is 2.93. The lowest BCUT2D eigenvalue weighted by Crippen LogP contribution is -2.63. The largest absolute Gasteiger partial charge is 0.294 e. The molecule has 2 unspecified atom stereocenters. The molecule has 2 bridgehead atoms. The fourth-order valence-corrected chi connectivity index (χ4v) is 7.55. The van der Waals surface area contributed by atoms with Gasteiger partial charge in [0.1, 0.15) is 0 Å². The van der Waals surface area contributed by atoms with Gasteiger partial charge >= 0.3 is 0 Å². The number of allylic oxidation sites excluding steroid dienone is 1. The molecular formula is C23H37NO. The van der Waals surface area contributed by atoms with Crippen molar-refractivity contribution in [3.8, 4) is 0 Å². The minimum atomic E-state index is 0.0398. The van der Waals surface area contributed by atoms with Crippen LogP contribution in [0.3, 0.4) is 0 Å². The molecule has 0 amide bonds. The summed E-state index contributed by atoms with van der Waals surface area (Å²) in [6.45, 7) is 14.4. The molecule has 0 aromatic heterocycles. The minimum absolute atomic E-state index is 0.0398. The molecule has 4 rings (SSSR count). The van der Waals surface area contributed by atoms with Crippen LogP contribution in [-0.2, 0) is 4.79 Å². The number of hydrogen-bond donors (Lipinski definition) is 0. The van der Waals surface area contributed by atoms with Gasteiger partial charge in [0, 0.05) is 12.0 Å². The summed E-state index contributed by atoms with van der Waals surface area (Å²) in [6, 6.07) is 0. The van der Waals surface area contributed by atoms with Crippen molar-refractivity contribution in [3.63, 3.8) is 0 Å². The molecule has 0 aromatic carbocycles. The lowest BCUT2D eigenvalue weighted by molar-refractivity contribution is -0.124. The second-order valence-corrected chi connectivity index (χ2v) is 11.7. The van der Waals surface area contributed by atoms with Crippen LogP contribution in [-0.4, -0.2) is 29.3 Å². The fourth-order valence-electron chi connectivity index (χ4n) is 7.55. The number of Topliss-reactive ketones (excluding diaryl/α,β-unsaturated/α-hetero) is 1. The Kier molecular flexibility index (Phi) is 3.87. The molecule has 140 valence electrons. The highest BCUT2D eigenvalue weighted by molar-refractivity contribution is 6.00. The first-order valence-electron chi connectivity index (χ1n) is 10.6. The summed E-state index contributed by atoms with van der Waals surface area (Å²) < 4.78 is 0. The average molecular weight is 344 g/mol. The Balaban J connectivity index is 1.87. The molecule has 25 heavy (non-hydrogen) atoms. The Labute approximate surface area is 154 Å². The van der Waals surface area contributed by atoms with Crippen molar-refractivity contribution in [2.24, 2.45) is 16.2 Å². The Morgan fingerprint density at radius 3 is 2.12 bits per heavy atom. The van der Waals surface area contributed by atoms with Gasteiger partial charge in [-0.3, -0.25) is 9.69 Å². The summed E-state index contributed by atoms with van der Waals surface area (Å²) in [5.74, 6) is 0.483. The molecule has 3 aliphatic carbocycles. The standard InChI is InChI=1S/C23H37NO/c1-20(2)11-17-12-22(5)14-21(3,4)15-23(16-22,19(17)18(25)13-20)24-9-7-6-8-10-24/h6-16H2,1-5H3. The van der Waals surface area contributed by atoms with Gasteiger partial charge in [-0.15, -0.1) is 0 Å². The van der Waals surface area contributed by atoms with Crippen LogP contribution in [0.15, 0.2) is 11.1 Å². The van der Waals surface area contributed by atoms with E-state index in [-0.39, 0.29) is 11.0 Å². The number of likely N-dealkylation sites (tertiary alicyclic amines) is 1. The molecule has 0 aromatic rings. The number of ketones is 1. The van der Waals surface area contributed by atoms with Gasteiger partial charge in [-0.05, 0) is 74.3 Å². The van der Waals surface area contributed by atoms with Crippen molar-refractivity contribution < 1.29 is 4.79 Å². The highest BCUT2D eigenvalue weighted by Crippen LogP contribution is 2.63. The molecule has 2 atom stereocenters. The second-order valence-electron chi connectivity index (χ2n) is 11.7. The van der Waals surface area contributed by atoms with E-state index in [4.69, 9.17) is 0 Å². The van der Waals surface area contributed by atoms with Crippen molar-refractivity contribution in [3.05, 3.63) is 11.1 Å². The number of fused-ring (bicyclic) bond motifs is 3. The second kappa shape index (κ2) is 5.44. The average Bonchev–Trinajstić information content (AvgIpc) is 2.42. The van der Waals surface area contributed by atoms with Gasteiger partial charge in [-0.25, -0.2) is 0 Å². The number of nitrogens with zero attached hydrogens (tertiary/aromatic N) is 1. The third-order valence-corrected chi connectivity index (χ3v) is 7.43. The molecule has 0 spiro atoms. The summed E-state index contributed by atoms with van der Waals surface area (Å²) in [5, 5.41) is 0. The highest BCUT2D eigenvalue weighted by atomic mass is 16.1. The number of carbonyl (C=O) groups is 1. The van der Waals surface area contributed by atoms with Crippen LogP contribution >= 0.6 is 0 Å². The van der Waals surface area contributed by atoms with Crippen LogP contribution in [0.4, 0.5) is 0 Å². The van der Waals surface area contributed by atoms with Crippen LogP contribution in [0.1, 0.15) is 92.4 Å². The van der Waals surface area contributed by atoms with Gasteiger partial charge in [0.25, 0.3) is 0 Å². The van der Waals surface area contributed by atoms with Crippen molar-refractivity contribution in [1.29, 1.82) is 0 Å². The van der Waals surface area contributed by atoms with E-state index in [9.17, 15) is 4.79 Å². The van der Waals surface area contributed by atoms with Crippen LogP contribution in [0.2, 0.25) is 0 Å². The number of hydrogen-bond acceptors (Lipinski definition) is 2. The lowest BCUT2D eigenvalue weighted by Gasteiger charge is -2.63. The maximum atomic E-state index is 13.4. The minimum Gasteiger partial charge on any atom is -0.294 e.